The van der Waals surface area contributed by atoms with Crippen molar-refractivity contribution in [2.75, 3.05) is 26.2 Å². The summed E-state index contributed by atoms with van der Waals surface area (Å²) < 4.78 is 36.3. The SMILES string of the molecule is CB(O)NCC1CCN(CC(F)(F)F)CC1. The maximum atomic E-state index is 12.1. The summed E-state index contributed by atoms with van der Waals surface area (Å²) in [5, 5.41) is 11.9. The number of hydrogen-bond donors (Lipinski definition) is 2. The summed E-state index contributed by atoms with van der Waals surface area (Å²) in [5.74, 6) is 0.374. The molecule has 0 atom stereocenters. The average Bonchev–Trinajstić information content (AvgIpc) is 2.14. The Hall–Kier alpha value is -0.265. The molecule has 0 bridgehead atoms. The lowest BCUT2D eigenvalue weighted by Crippen LogP contribution is -2.43. The second kappa shape index (κ2) is 5.88. The van der Waals surface area contributed by atoms with Gasteiger partial charge in [-0.2, -0.15) is 13.2 Å². The van der Waals surface area contributed by atoms with E-state index >= 15 is 0 Å². The second-order valence-corrected chi connectivity index (χ2v) is 4.42. The van der Waals surface area contributed by atoms with E-state index in [1.807, 2.05) is 0 Å². The van der Waals surface area contributed by atoms with Crippen LogP contribution in [0.2, 0.25) is 6.82 Å². The standard InChI is InChI=1S/C9H18BF3N2O/c1-10(16)14-6-8-2-4-15(5-3-8)7-9(11,12)13/h8,14,16H,2-7H2,1H3. The van der Waals surface area contributed by atoms with Gasteiger partial charge in [-0.3, -0.25) is 4.90 Å². The predicted octanol–water partition coefficient (Wildman–Crippen LogP) is 0.961. The van der Waals surface area contributed by atoms with Crippen LogP contribution in [0.15, 0.2) is 0 Å². The zero-order valence-corrected chi connectivity index (χ0v) is 9.43. The van der Waals surface area contributed by atoms with Crippen LogP contribution in [0.4, 0.5) is 13.2 Å². The summed E-state index contributed by atoms with van der Waals surface area (Å²) >= 11 is 0. The summed E-state index contributed by atoms with van der Waals surface area (Å²) in [5.41, 5.74) is 0. The summed E-state index contributed by atoms with van der Waals surface area (Å²) in [4.78, 5) is 1.44. The average molecular weight is 238 g/mol. The zero-order valence-electron chi connectivity index (χ0n) is 9.43. The van der Waals surface area contributed by atoms with E-state index in [-0.39, 0.29) is 0 Å². The number of likely N-dealkylation sites (tertiary alicyclic amines) is 1. The van der Waals surface area contributed by atoms with Crippen LogP contribution in [0.5, 0.6) is 0 Å². The van der Waals surface area contributed by atoms with Gasteiger partial charge >= 0.3 is 13.2 Å². The third-order valence-electron chi connectivity index (χ3n) is 2.81. The first-order valence-electron chi connectivity index (χ1n) is 5.57. The number of rotatable bonds is 4. The first-order chi connectivity index (χ1) is 7.37. The smallest absolute Gasteiger partial charge is 0.401 e. The minimum atomic E-state index is -4.09. The molecule has 1 rings (SSSR count). The lowest BCUT2D eigenvalue weighted by molar-refractivity contribution is -0.148. The van der Waals surface area contributed by atoms with Gasteiger partial charge in [-0.05, 0) is 45.2 Å². The van der Waals surface area contributed by atoms with Crippen LogP contribution in [0.3, 0.4) is 0 Å². The largest absolute Gasteiger partial charge is 0.437 e. The number of hydrogen-bond acceptors (Lipinski definition) is 3. The third kappa shape index (κ3) is 5.72. The van der Waals surface area contributed by atoms with Gasteiger partial charge in [-0.25, -0.2) is 0 Å². The highest BCUT2D eigenvalue weighted by atomic mass is 19.4. The van der Waals surface area contributed by atoms with Gasteiger partial charge in [0.2, 0.25) is 0 Å². The lowest BCUT2D eigenvalue weighted by Gasteiger charge is -2.32. The molecular formula is C9H18BF3N2O. The van der Waals surface area contributed by atoms with E-state index in [1.165, 1.54) is 4.90 Å². The highest BCUT2D eigenvalue weighted by Crippen LogP contribution is 2.21. The van der Waals surface area contributed by atoms with E-state index in [0.29, 0.717) is 25.6 Å². The van der Waals surface area contributed by atoms with E-state index in [1.54, 1.807) is 6.82 Å². The molecule has 0 aliphatic carbocycles. The molecule has 0 radical (unpaired) electrons. The molecule has 3 nitrogen and oxygen atoms in total. The van der Waals surface area contributed by atoms with Crippen molar-refractivity contribution in [3.63, 3.8) is 0 Å². The molecule has 1 fully saturated rings. The maximum absolute atomic E-state index is 12.1. The molecule has 0 aromatic carbocycles. The molecule has 2 N–H and O–H groups in total. The normalized spacial score (nSPS) is 20.1. The zero-order chi connectivity index (χ0) is 12.2. The van der Waals surface area contributed by atoms with Crippen LogP contribution in [0.25, 0.3) is 0 Å². The van der Waals surface area contributed by atoms with Crippen LogP contribution in [0, 0.1) is 5.92 Å². The number of halogens is 3. The Labute approximate surface area is 94.1 Å². The first kappa shape index (κ1) is 13.8. The fraction of sp³-hybridized carbons (Fsp3) is 1.00. The Morgan fingerprint density at radius 3 is 2.38 bits per heavy atom. The molecule has 0 aromatic heterocycles. The molecule has 1 aliphatic heterocycles. The molecule has 0 aromatic rings. The lowest BCUT2D eigenvalue weighted by atomic mass is 9.86. The quantitative estimate of drug-likeness (QED) is 0.716. The topological polar surface area (TPSA) is 35.5 Å². The Balaban J connectivity index is 2.18. The Morgan fingerprint density at radius 2 is 1.94 bits per heavy atom. The van der Waals surface area contributed by atoms with Crippen LogP contribution < -0.4 is 5.23 Å². The van der Waals surface area contributed by atoms with E-state index in [2.05, 4.69) is 5.23 Å². The van der Waals surface area contributed by atoms with Gasteiger partial charge in [0.25, 0.3) is 0 Å². The van der Waals surface area contributed by atoms with Crippen molar-refractivity contribution in [2.24, 2.45) is 5.92 Å². The first-order valence-corrected chi connectivity index (χ1v) is 5.57. The van der Waals surface area contributed by atoms with Gasteiger partial charge in [0.1, 0.15) is 0 Å². The number of alkyl halides is 3. The van der Waals surface area contributed by atoms with E-state index in [9.17, 15) is 13.2 Å². The van der Waals surface area contributed by atoms with Gasteiger partial charge in [0.05, 0.1) is 6.54 Å². The van der Waals surface area contributed by atoms with Gasteiger partial charge in [-0.1, -0.05) is 0 Å². The molecule has 94 valence electrons. The molecule has 0 amide bonds. The monoisotopic (exact) mass is 238 g/mol. The van der Waals surface area contributed by atoms with Crippen LogP contribution >= 0.6 is 0 Å². The van der Waals surface area contributed by atoms with Gasteiger partial charge < -0.3 is 10.3 Å². The highest BCUT2D eigenvalue weighted by molar-refractivity contribution is 6.45. The summed E-state index contributed by atoms with van der Waals surface area (Å²) in [6.07, 6.45) is -2.57. The van der Waals surface area contributed by atoms with Crippen molar-refractivity contribution >= 4 is 7.05 Å². The van der Waals surface area contributed by atoms with Crippen LogP contribution in [-0.4, -0.2) is 49.3 Å². The van der Waals surface area contributed by atoms with Gasteiger partial charge in [-0.15, -0.1) is 0 Å². The van der Waals surface area contributed by atoms with E-state index in [0.717, 1.165) is 12.8 Å². The van der Waals surface area contributed by atoms with Gasteiger partial charge in [0, 0.05) is 0 Å². The van der Waals surface area contributed by atoms with Crippen molar-refractivity contribution in [3.8, 4) is 0 Å². The summed E-state index contributed by atoms with van der Waals surface area (Å²) in [7, 11) is -0.548. The molecule has 1 heterocycles. The molecule has 0 spiro atoms. The van der Waals surface area contributed by atoms with Crippen molar-refractivity contribution in [2.45, 2.75) is 25.8 Å². The summed E-state index contributed by atoms with van der Waals surface area (Å²) in [6.45, 7) is 2.50. The molecule has 0 unspecified atom stereocenters. The Kier molecular flexibility index (Phi) is 5.07. The van der Waals surface area contributed by atoms with E-state index in [4.69, 9.17) is 5.02 Å². The van der Waals surface area contributed by atoms with Crippen LogP contribution in [0.1, 0.15) is 12.8 Å². The number of piperidine rings is 1. The van der Waals surface area contributed by atoms with Crippen LogP contribution in [-0.2, 0) is 0 Å². The number of nitrogens with zero attached hydrogens (tertiary/aromatic N) is 1. The minimum absolute atomic E-state index is 0.374. The highest BCUT2D eigenvalue weighted by Gasteiger charge is 2.32. The van der Waals surface area contributed by atoms with Crippen molar-refractivity contribution in [1.82, 2.24) is 10.1 Å². The molecular weight excluding hydrogens is 220 g/mol. The second-order valence-electron chi connectivity index (χ2n) is 4.42. The third-order valence-corrected chi connectivity index (χ3v) is 2.81. The van der Waals surface area contributed by atoms with Crippen molar-refractivity contribution in [3.05, 3.63) is 0 Å². The summed E-state index contributed by atoms with van der Waals surface area (Å²) in [6, 6.07) is 0. The minimum Gasteiger partial charge on any atom is -0.437 e. The molecule has 1 aliphatic rings. The number of nitrogens with one attached hydrogen (secondary N) is 1. The Bertz CT molecular complexity index is 205. The molecule has 0 saturated carbocycles. The fourth-order valence-corrected chi connectivity index (χ4v) is 1.94. The molecule has 7 heteroatoms. The van der Waals surface area contributed by atoms with Crippen molar-refractivity contribution in [1.29, 1.82) is 0 Å². The Morgan fingerprint density at radius 1 is 1.38 bits per heavy atom. The van der Waals surface area contributed by atoms with Crippen molar-refractivity contribution < 1.29 is 18.2 Å². The fourth-order valence-electron chi connectivity index (χ4n) is 1.94. The molecule has 16 heavy (non-hydrogen) atoms. The van der Waals surface area contributed by atoms with E-state index < -0.39 is 19.8 Å². The predicted molar refractivity (Wildman–Crippen MR) is 57.1 cm³/mol. The van der Waals surface area contributed by atoms with Gasteiger partial charge in [0.15, 0.2) is 0 Å². The maximum Gasteiger partial charge on any atom is 0.401 e. The molecule has 1 saturated heterocycles.